The van der Waals surface area contributed by atoms with Crippen molar-refractivity contribution in [1.82, 2.24) is 19.9 Å². The van der Waals surface area contributed by atoms with Gasteiger partial charge in [0.15, 0.2) is 5.82 Å². The molecule has 0 saturated heterocycles. The van der Waals surface area contributed by atoms with E-state index in [0.717, 1.165) is 12.8 Å². The maximum atomic E-state index is 13.1. The number of allylic oxidation sites excluding steroid dienone is 3. The minimum absolute atomic E-state index is 0.358. The van der Waals surface area contributed by atoms with Crippen molar-refractivity contribution in [3.63, 3.8) is 0 Å². The van der Waals surface area contributed by atoms with Crippen LogP contribution in [0.5, 0.6) is 0 Å². The van der Waals surface area contributed by atoms with Crippen LogP contribution in [-0.2, 0) is 0 Å². The summed E-state index contributed by atoms with van der Waals surface area (Å²) in [5.74, 6) is 0.655. The number of aromatic nitrogens is 4. The van der Waals surface area contributed by atoms with E-state index in [2.05, 4.69) is 42.3 Å². The zero-order chi connectivity index (χ0) is 18.4. The molecular formula is C18H20FN7. The Morgan fingerprint density at radius 3 is 2.69 bits per heavy atom. The Morgan fingerprint density at radius 1 is 1.23 bits per heavy atom. The van der Waals surface area contributed by atoms with Crippen LogP contribution in [0.2, 0.25) is 0 Å². The van der Waals surface area contributed by atoms with Gasteiger partial charge in [-0.15, -0.1) is 0 Å². The highest BCUT2D eigenvalue weighted by Crippen LogP contribution is 2.23. The average molecular weight is 353 g/mol. The molecular weight excluding hydrogens is 333 g/mol. The third kappa shape index (κ3) is 4.69. The summed E-state index contributed by atoms with van der Waals surface area (Å²) < 4.78 is 13.1. The van der Waals surface area contributed by atoms with Gasteiger partial charge in [-0.2, -0.15) is 19.3 Å². The Balaban J connectivity index is 1.87. The Hall–Kier alpha value is -3.16. The van der Waals surface area contributed by atoms with Gasteiger partial charge < -0.3 is 10.6 Å². The first kappa shape index (κ1) is 17.7. The fourth-order valence-electron chi connectivity index (χ4n) is 2.31. The predicted octanol–water partition coefficient (Wildman–Crippen LogP) is 3.73. The van der Waals surface area contributed by atoms with E-state index in [1.165, 1.54) is 18.6 Å². The van der Waals surface area contributed by atoms with E-state index in [4.69, 9.17) is 0 Å². The van der Waals surface area contributed by atoms with Crippen LogP contribution in [0.3, 0.4) is 0 Å². The first-order valence-corrected chi connectivity index (χ1v) is 8.36. The number of nitrogens with zero attached hydrogens (tertiary/aromatic N) is 5. The van der Waals surface area contributed by atoms with E-state index in [0.29, 0.717) is 35.2 Å². The molecule has 1 aliphatic rings. The number of rotatable bonds is 7. The minimum atomic E-state index is -0.664. The van der Waals surface area contributed by atoms with Crippen LogP contribution < -0.4 is 10.6 Å². The number of hydrogen-bond acceptors (Lipinski definition) is 7. The molecule has 0 atom stereocenters. The highest BCUT2D eigenvalue weighted by Gasteiger charge is 2.19. The second-order valence-corrected chi connectivity index (χ2v) is 5.92. The second kappa shape index (κ2) is 8.28. The van der Waals surface area contributed by atoms with Gasteiger partial charge in [0.05, 0.1) is 0 Å². The van der Waals surface area contributed by atoms with Gasteiger partial charge in [-0.1, -0.05) is 6.07 Å². The molecule has 0 unspecified atom stereocenters. The molecule has 2 aromatic rings. The highest BCUT2D eigenvalue weighted by molar-refractivity contribution is 5.54. The first-order chi connectivity index (χ1) is 12.6. The standard InChI is InChI=1S/C18H20FN7/c1-12(9-10-15(19)20-2)22-17-24-16(14-8-3-4-11-21-14)25-18(26-17)23-13-6-5-7-13/h3-4,8-11,13H,2,5-7H2,1H3,(H2,22,23,24,25,26)/b12-9+,15-10-. The molecule has 1 fully saturated rings. The van der Waals surface area contributed by atoms with E-state index < -0.39 is 5.95 Å². The molecule has 0 aliphatic heterocycles. The fraction of sp³-hybridized carbons (Fsp3) is 0.278. The smallest absolute Gasteiger partial charge is 0.232 e. The zero-order valence-corrected chi connectivity index (χ0v) is 14.5. The molecule has 134 valence electrons. The van der Waals surface area contributed by atoms with Crippen molar-refractivity contribution >= 4 is 18.6 Å². The largest absolute Gasteiger partial charge is 0.351 e. The summed E-state index contributed by atoms with van der Waals surface area (Å²) in [4.78, 5) is 20.8. The SMILES string of the molecule is C=N/C(F)=C\C=C(/C)Nc1nc(NC2CCC2)nc(-c2ccccn2)n1. The van der Waals surface area contributed by atoms with Crippen molar-refractivity contribution in [1.29, 1.82) is 0 Å². The van der Waals surface area contributed by atoms with Gasteiger partial charge in [0, 0.05) is 17.9 Å². The second-order valence-electron chi connectivity index (χ2n) is 5.92. The predicted molar refractivity (Wildman–Crippen MR) is 100 cm³/mol. The minimum Gasteiger partial charge on any atom is -0.351 e. The maximum Gasteiger partial charge on any atom is 0.232 e. The Kier molecular flexibility index (Phi) is 5.62. The summed E-state index contributed by atoms with van der Waals surface area (Å²) in [6, 6.07) is 5.93. The Morgan fingerprint density at radius 2 is 2.04 bits per heavy atom. The molecule has 2 N–H and O–H groups in total. The van der Waals surface area contributed by atoms with Gasteiger partial charge in [-0.3, -0.25) is 4.98 Å². The zero-order valence-electron chi connectivity index (χ0n) is 14.5. The number of halogens is 1. The molecule has 0 aromatic carbocycles. The van der Waals surface area contributed by atoms with Crippen molar-refractivity contribution in [3.8, 4) is 11.5 Å². The van der Waals surface area contributed by atoms with Crippen molar-refractivity contribution in [2.24, 2.45) is 4.99 Å². The van der Waals surface area contributed by atoms with E-state index >= 15 is 0 Å². The highest BCUT2D eigenvalue weighted by atomic mass is 19.1. The third-order valence-corrected chi connectivity index (χ3v) is 3.90. The summed E-state index contributed by atoms with van der Waals surface area (Å²) in [6.07, 6.45) is 7.84. The topological polar surface area (TPSA) is 88.0 Å². The lowest BCUT2D eigenvalue weighted by atomic mass is 9.93. The van der Waals surface area contributed by atoms with Gasteiger partial charge >= 0.3 is 0 Å². The van der Waals surface area contributed by atoms with Gasteiger partial charge in [0.25, 0.3) is 0 Å². The molecule has 7 nitrogen and oxygen atoms in total. The van der Waals surface area contributed by atoms with Gasteiger partial charge in [-0.25, -0.2) is 4.99 Å². The van der Waals surface area contributed by atoms with Crippen molar-refractivity contribution in [2.75, 3.05) is 10.6 Å². The van der Waals surface area contributed by atoms with E-state index in [-0.39, 0.29) is 0 Å². The molecule has 2 heterocycles. The van der Waals surface area contributed by atoms with Crippen molar-refractivity contribution < 1.29 is 4.39 Å². The summed E-state index contributed by atoms with van der Waals surface area (Å²) in [5.41, 5.74) is 1.30. The molecule has 0 bridgehead atoms. The van der Waals surface area contributed by atoms with Crippen molar-refractivity contribution in [3.05, 3.63) is 48.2 Å². The molecule has 1 saturated carbocycles. The fourth-order valence-corrected chi connectivity index (χ4v) is 2.31. The molecule has 3 rings (SSSR count). The maximum absolute atomic E-state index is 13.1. The van der Waals surface area contributed by atoms with Crippen LogP contribution in [0.25, 0.3) is 11.5 Å². The molecule has 1 aliphatic carbocycles. The summed E-state index contributed by atoms with van der Waals surface area (Å²) in [5, 5.41) is 6.36. The normalized spacial score (nSPS) is 15.3. The van der Waals surface area contributed by atoms with E-state index in [9.17, 15) is 4.39 Å². The quantitative estimate of drug-likeness (QED) is 0.448. The molecule has 0 radical (unpaired) electrons. The first-order valence-electron chi connectivity index (χ1n) is 8.36. The summed E-state index contributed by atoms with van der Waals surface area (Å²) >= 11 is 0. The number of nitrogens with one attached hydrogen (secondary N) is 2. The van der Waals surface area contributed by atoms with E-state index in [1.54, 1.807) is 13.1 Å². The van der Waals surface area contributed by atoms with Crippen molar-refractivity contribution in [2.45, 2.75) is 32.2 Å². The molecule has 8 heteroatoms. The lowest BCUT2D eigenvalue weighted by Gasteiger charge is -2.26. The monoisotopic (exact) mass is 353 g/mol. The molecule has 0 amide bonds. The average Bonchev–Trinajstić information content (AvgIpc) is 2.63. The van der Waals surface area contributed by atoms with Crippen LogP contribution in [0.15, 0.2) is 53.2 Å². The van der Waals surface area contributed by atoms with Crippen LogP contribution in [0.1, 0.15) is 26.2 Å². The third-order valence-electron chi connectivity index (χ3n) is 3.90. The van der Waals surface area contributed by atoms with Crippen LogP contribution in [0.4, 0.5) is 16.3 Å². The van der Waals surface area contributed by atoms with Crippen LogP contribution in [0, 0.1) is 0 Å². The van der Waals surface area contributed by atoms with E-state index in [1.807, 2.05) is 18.2 Å². The Bertz CT molecular complexity index is 829. The number of anilines is 2. The van der Waals surface area contributed by atoms with Gasteiger partial charge in [0.1, 0.15) is 5.69 Å². The lowest BCUT2D eigenvalue weighted by Crippen LogP contribution is -2.28. The van der Waals surface area contributed by atoms with Gasteiger partial charge in [0.2, 0.25) is 17.8 Å². The van der Waals surface area contributed by atoms with Crippen LogP contribution >= 0.6 is 0 Å². The number of pyridine rings is 1. The van der Waals surface area contributed by atoms with Crippen LogP contribution in [-0.4, -0.2) is 32.7 Å². The molecule has 2 aromatic heterocycles. The number of aliphatic imine (C=N–C) groups is 1. The number of hydrogen-bond donors (Lipinski definition) is 2. The summed E-state index contributed by atoms with van der Waals surface area (Å²) in [6.45, 7) is 4.90. The Labute approximate surface area is 151 Å². The molecule has 26 heavy (non-hydrogen) atoms. The van der Waals surface area contributed by atoms with Gasteiger partial charge in [-0.05, 0) is 57.2 Å². The lowest BCUT2D eigenvalue weighted by molar-refractivity contribution is 0.443. The summed E-state index contributed by atoms with van der Waals surface area (Å²) in [7, 11) is 0. The molecule has 0 spiro atoms.